The lowest BCUT2D eigenvalue weighted by Crippen LogP contribution is -2.36. The molecule has 0 fully saturated rings. The van der Waals surface area contributed by atoms with Gasteiger partial charge in [-0.3, -0.25) is 0 Å². The summed E-state index contributed by atoms with van der Waals surface area (Å²) in [5.41, 5.74) is 5.61. The van der Waals surface area contributed by atoms with E-state index < -0.39 is 0 Å². The third-order valence-corrected chi connectivity index (χ3v) is 3.06. The zero-order valence-corrected chi connectivity index (χ0v) is 11.7. The molecule has 1 unspecified atom stereocenters. The number of nitrogens with two attached hydrogens (primary N) is 1. The van der Waals surface area contributed by atoms with Crippen LogP contribution < -0.4 is 5.73 Å². The van der Waals surface area contributed by atoms with Crippen LogP contribution in [0, 0.1) is 5.92 Å². The Labute approximate surface area is 105 Å². The molecule has 0 rings (SSSR count). The molecule has 0 aliphatic carbocycles. The first kappa shape index (κ1) is 15.8. The molecule has 0 bridgehead atoms. The number of ether oxygens (including phenoxy) is 1. The van der Waals surface area contributed by atoms with Gasteiger partial charge < -0.3 is 15.4 Å². The highest BCUT2D eigenvalue weighted by Gasteiger charge is 2.10. The van der Waals surface area contributed by atoms with Gasteiger partial charge in [-0.2, -0.15) is 0 Å². The SMILES string of the molecule is CCCCOCCN(CC)CC(C)C(N)=S. The van der Waals surface area contributed by atoms with Crippen molar-refractivity contribution in [3.05, 3.63) is 0 Å². The van der Waals surface area contributed by atoms with Gasteiger partial charge in [-0.05, 0) is 13.0 Å². The quantitative estimate of drug-likeness (QED) is 0.473. The molecule has 0 spiro atoms. The summed E-state index contributed by atoms with van der Waals surface area (Å²) in [5.74, 6) is 0.283. The van der Waals surface area contributed by atoms with E-state index in [-0.39, 0.29) is 5.92 Å². The van der Waals surface area contributed by atoms with Crippen LogP contribution in [0.25, 0.3) is 0 Å². The number of unbranched alkanes of at least 4 members (excludes halogenated alkanes) is 1. The van der Waals surface area contributed by atoms with E-state index in [2.05, 4.69) is 25.7 Å². The van der Waals surface area contributed by atoms with Gasteiger partial charge >= 0.3 is 0 Å². The molecule has 0 heterocycles. The summed E-state index contributed by atoms with van der Waals surface area (Å²) in [5, 5.41) is 0. The Hall–Kier alpha value is -0.190. The Bertz CT molecular complexity index is 188. The Morgan fingerprint density at radius 2 is 2.06 bits per heavy atom. The molecule has 4 heteroatoms. The van der Waals surface area contributed by atoms with Gasteiger partial charge in [-0.1, -0.05) is 39.4 Å². The van der Waals surface area contributed by atoms with Gasteiger partial charge in [0, 0.05) is 25.6 Å². The van der Waals surface area contributed by atoms with Gasteiger partial charge in [0.15, 0.2) is 0 Å². The zero-order chi connectivity index (χ0) is 12.4. The number of likely N-dealkylation sites (N-methyl/N-ethyl adjacent to an activating group) is 1. The van der Waals surface area contributed by atoms with Crippen LogP contribution in [-0.2, 0) is 4.74 Å². The third kappa shape index (κ3) is 8.02. The Morgan fingerprint density at radius 1 is 1.38 bits per heavy atom. The summed E-state index contributed by atoms with van der Waals surface area (Å²) < 4.78 is 5.54. The van der Waals surface area contributed by atoms with Crippen molar-refractivity contribution in [2.45, 2.75) is 33.6 Å². The Morgan fingerprint density at radius 3 is 2.56 bits per heavy atom. The van der Waals surface area contributed by atoms with Gasteiger partial charge in [0.2, 0.25) is 0 Å². The summed E-state index contributed by atoms with van der Waals surface area (Å²) in [6.45, 7) is 11.0. The monoisotopic (exact) mass is 246 g/mol. The predicted octanol–water partition coefficient (Wildman–Crippen LogP) is 2.05. The van der Waals surface area contributed by atoms with Crippen molar-refractivity contribution in [1.29, 1.82) is 0 Å². The number of nitrogens with zero attached hydrogens (tertiary/aromatic N) is 1. The Balaban J connectivity index is 3.62. The standard InChI is InChI=1S/C12H26N2OS/c1-4-6-8-15-9-7-14(5-2)10-11(3)12(13)16/h11H,4-10H2,1-3H3,(H2,13,16). The molecule has 0 amide bonds. The van der Waals surface area contributed by atoms with Crippen LogP contribution in [0.15, 0.2) is 0 Å². The molecule has 96 valence electrons. The predicted molar refractivity (Wildman–Crippen MR) is 73.8 cm³/mol. The average molecular weight is 246 g/mol. The highest BCUT2D eigenvalue weighted by atomic mass is 32.1. The maximum Gasteiger partial charge on any atom is 0.0768 e. The summed E-state index contributed by atoms with van der Waals surface area (Å²) in [6.07, 6.45) is 2.34. The second-order valence-corrected chi connectivity index (χ2v) is 4.63. The second-order valence-electron chi connectivity index (χ2n) is 4.16. The van der Waals surface area contributed by atoms with Crippen molar-refractivity contribution >= 4 is 17.2 Å². The minimum Gasteiger partial charge on any atom is -0.393 e. The molecule has 0 aromatic carbocycles. The first-order valence-electron chi connectivity index (χ1n) is 6.21. The summed E-state index contributed by atoms with van der Waals surface area (Å²) >= 11 is 4.97. The highest BCUT2D eigenvalue weighted by Crippen LogP contribution is 2.00. The van der Waals surface area contributed by atoms with E-state index in [9.17, 15) is 0 Å². The summed E-state index contributed by atoms with van der Waals surface area (Å²) in [6, 6.07) is 0. The van der Waals surface area contributed by atoms with Crippen LogP contribution in [0.3, 0.4) is 0 Å². The van der Waals surface area contributed by atoms with Crippen molar-refractivity contribution in [1.82, 2.24) is 4.90 Å². The van der Waals surface area contributed by atoms with Gasteiger partial charge in [-0.25, -0.2) is 0 Å². The van der Waals surface area contributed by atoms with Crippen LogP contribution in [0.5, 0.6) is 0 Å². The summed E-state index contributed by atoms with van der Waals surface area (Å²) in [7, 11) is 0. The first-order valence-corrected chi connectivity index (χ1v) is 6.62. The zero-order valence-electron chi connectivity index (χ0n) is 10.9. The van der Waals surface area contributed by atoms with Gasteiger partial charge in [0.1, 0.15) is 0 Å². The van der Waals surface area contributed by atoms with Crippen molar-refractivity contribution in [2.75, 3.05) is 32.8 Å². The first-order chi connectivity index (χ1) is 7.61. The van der Waals surface area contributed by atoms with Crippen LogP contribution in [0.2, 0.25) is 0 Å². The molecule has 2 N–H and O–H groups in total. The average Bonchev–Trinajstić information content (AvgIpc) is 2.26. The Kier molecular flexibility index (Phi) is 9.88. The second kappa shape index (κ2) is 10.00. The molecule has 0 aliphatic rings. The van der Waals surface area contributed by atoms with Crippen molar-refractivity contribution < 1.29 is 4.74 Å². The maximum atomic E-state index is 5.61. The largest absolute Gasteiger partial charge is 0.393 e. The lowest BCUT2D eigenvalue weighted by Gasteiger charge is -2.23. The molecule has 0 aromatic rings. The molecule has 16 heavy (non-hydrogen) atoms. The lowest BCUT2D eigenvalue weighted by molar-refractivity contribution is 0.101. The number of hydrogen-bond donors (Lipinski definition) is 1. The van der Waals surface area contributed by atoms with Gasteiger partial charge in [0.05, 0.1) is 11.6 Å². The fourth-order valence-electron chi connectivity index (χ4n) is 1.40. The van der Waals surface area contributed by atoms with E-state index in [0.717, 1.165) is 39.3 Å². The molecule has 0 saturated heterocycles. The summed E-state index contributed by atoms with van der Waals surface area (Å²) in [4.78, 5) is 2.93. The molecule has 0 aromatic heterocycles. The maximum absolute atomic E-state index is 5.61. The van der Waals surface area contributed by atoms with Crippen molar-refractivity contribution in [3.8, 4) is 0 Å². The van der Waals surface area contributed by atoms with E-state index in [1.807, 2.05) is 0 Å². The molecule has 1 atom stereocenters. The van der Waals surface area contributed by atoms with Crippen LogP contribution in [0.4, 0.5) is 0 Å². The van der Waals surface area contributed by atoms with Crippen LogP contribution in [-0.4, -0.2) is 42.7 Å². The highest BCUT2D eigenvalue weighted by molar-refractivity contribution is 7.80. The van der Waals surface area contributed by atoms with Gasteiger partial charge in [-0.15, -0.1) is 0 Å². The van der Waals surface area contributed by atoms with E-state index in [1.165, 1.54) is 6.42 Å². The third-order valence-electron chi connectivity index (χ3n) is 2.66. The normalized spacial score (nSPS) is 13.0. The van der Waals surface area contributed by atoms with E-state index in [4.69, 9.17) is 22.7 Å². The molecular formula is C12H26N2OS. The molecular weight excluding hydrogens is 220 g/mol. The van der Waals surface area contributed by atoms with Crippen molar-refractivity contribution in [3.63, 3.8) is 0 Å². The lowest BCUT2D eigenvalue weighted by atomic mass is 10.1. The topological polar surface area (TPSA) is 38.5 Å². The van der Waals surface area contributed by atoms with Crippen LogP contribution >= 0.6 is 12.2 Å². The number of rotatable bonds is 10. The minimum atomic E-state index is 0.283. The molecule has 0 radical (unpaired) electrons. The van der Waals surface area contributed by atoms with E-state index in [1.54, 1.807) is 0 Å². The van der Waals surface area contributed by atoms with Gasteiger partial charge in [0.25, 0.3) is 0 Å². The van der Waals surface area contributed by atoms with Crippen molar-refractivity contribution in [2.24, 2.45) is 11.7 Å². The number of thiocarbonyl (C=S) groups is 1. The van der Waals surface area contributed by atoms with E-state index in [0.29, 0.717) is 4.99 Å². The molecule has 0 aliphatic heterocycles. The number of hydrogen-bond acceptors (Lipinski definition) is 3. The fraction of sp³-hybridized carbons (Fsp3) is 0.917. The minimum absolute atomic E-state index is 0.283. The van der Waals surface area contributed by atoms with Crippen LogP contribution in [0.1, 0.15) is 33.6 Å². The smallest absolute Gasteiger partial charge is 0.0768 e. The van der Waals surface area contributed by atoms with E-state index >= 15 is 0 Å². The molecule has 3 nitrogen and oxygen atoms in total. The molecule has 0 saturated carbocycles. The fourth-order valence-corrected chi connectivity index (χ4v) is 1.47.